The summed E-state index contributed by atoms with van der Waals surface area (Å²) >= 11 is 0. The molecular formula is C16H25ClN2O2. The number of carbonyl (C=O) groups is 1. The van der Waals surface area contributed by atoms with Gasteiger partial charge in [-0.15, -0.1) is 12.4 Å². The summed E-state index contributed by atoms with van der Waals surface area (Å²) in [6, 6.07) is 8.18. The van der Waals surface area contributed by atoms with Crippen molar-refractivity contribution >= 4 is 18.3 Å². The fraction of sp³-hybridized carbons (Fsp3) is 0.562. The molecule has 1 aromatic carbocycles. The number of para-hydroxylation sites is 1. The molecule has 21 heavy (non-hydrogen) atoms. The van der Waals surface area contributed by atoms with Crippen LogP contribution in [0.1, 0.15) is 25.8 Å². The molecule has 4 nitrogen and oxygen atoms in total. The van der Waals surface area contributed by atoms with Crippen molar-refractivity contribution in [1.29, 1.82) is 0 Å². The van der Waals surface area contributed by atoms with Crippen molar-refractivity contribution in [2.45, 2.75) is 38.8 Å². The van der Waals surface area contributed by atoms with Crippen LogP contribution in [0.15, 0.2) is 24.3 Å². The Morgan fingerprint density at radius 3 is 2.76 bits per heavy atom. The third-order valence-electron chi connectivity index (χ3n) is 4.09. The molecule has 2 N–H and O–H groups in total. The van der Waals surface area contributed by atoms with Crippen molar-refractivity contribution in [2.24, 2.45) is 5.92 Å². The molecule has 5 heteroatoms. The Kier molecular flexibility index (Phi) is 6.99. The maximum Gasteiger partial charge on any atom is 0.224 e. The maximum absolute atomic E-state index is 12.2. The lowest BCUT2D eigenvalue weighted by Gasteiger charge is -2.36. The van der Waals surface area contributed by atoms with Crippen LogP contribution in [-0.4, -0.2) is 31.6 Å². The molecule has 0 radical (unpaired) electrons. The highest BCUT2D eigenvalue weighted by molar-refractivity contribution is 5.85. The van der Waals surface area contributed by atoms with Crippen molar-refractivity contribution in [3.63, 3.8) is 0 Å². The molecule has 1 aliphatic rings. The number of methoxy groups -OCH3 is 1. The van der Waals surface area contributed by atoms with Gasteiger partial charge in [-0.25, -0.2) is 0 Å². The number of ether oxygens (including phenoxy) is 1. The van der Waals surface area contributed by atoms with Crippen molar-refractivity contribution in [1.82, 2.24) is 10.6 Å². The van der Waals surface area contributed by atoms with Crippen molar-refractivity contribution < 1.29 is 9.53 Å². The van der Waals surface area contributed by atoms with Gasteiger partial charge in [-0.05, 0) is 31.9 Å². The van der Waals surface area contributed by atoms with Gasteiger partial charge in [0.15, 0.2) is 0 Å². The lowest BCUT2D eigenvalue weighted by molar-refractivity contribution is -0.121. The molecule has 1 heterocycles. The zero-order chi connectivity index (χ0) is 14.5. The first kappa shape index (κ1) is 17.8. The molecule has 1 fully saturated rings. The van der Waals surface area contributed by atoms with Crippen LogP contribution in [0.25, 0.3) is 0 Å². The Bertz CT molecular complexity index is 457. The van der Waals surface area contributed by atoms with E-state index in [1.807, 2.05) is 24.3 Å². The highest BCUT2D eigenvalue weighted by atomic mass is 35.5. The normalized spacial score (nSPS) is 24.8. The first-order valence-electron chi connectivity index (χ1n) is 7.26. The van der Waals surface area contributed by atoms with Crippen LogP contribution in [0.2, 0.25) is 0 Å². The summed E-state index contributed by atoms with van der Waals surface area (Å²) < 4.78 is 5.29. The fourth-order valence-electron chi connectivity index (χ4n) is 2.86. The zero-order valence-corrected chi connectivity index (χ0v) is 13.7. The number of rotatable bonds is 4. The number of hydrogen-bond donors (Lipinski definition) is 2. The lowest BCUT2D eigenvalue weighted by Crippen LogP contribution is -2.56. The van der Waals surface area contributed by atoms with E-state index >= 15 is 0 Å². The highest BCUT2D eigenvalue weighted by Crippen LogP contribution is 2.19. The quantitative estimate of drug-likeness (QED) is 0.896. The zero-order valence-electron chi connectivity index (χ0n) is 12.9. The molecule has 2 rings (SSSR count). The summed E-state index contributed by atoms with van der Waals surface area (Å²) in [6.45, 7) is 5.36. The number of hydrogen-bond acceptors (Lipinski definition) is 3. The minimum Gasteiger partial charge on any atom is -0.496 e. The highest BCUT2D eigenvalue weighted by Gasteiger charge is 2.28. The third kappa shape index (κ3) is 4.61. The molecule has 1 aliphatic heterocycles. The van der Waals surface area contributed by atoms with E-state index < -0.39 is 0 Å². The van der Waals surface area contributed by atoms with Gasteiger partial charge >= 0.3 is 0 Å². The summed E-state index contributed by atoms with van der Waals surface area (Å²) in [6.07, 6.45) is 1.46. The van der Waals surface area contributed by atoms with Gasteiger partial charge in [0.05, 0.1) is 13.5 Å². The van der Waals surface area contributed by atoms with Gasteiger partial charge in [0.1, 0.15) is 5.75 Å². The van der Waals surface area contributed by atoms with E-state index in [2.05, 4.69) is 24.5 Å². The molecule has 3 atom stereocenters. The third-order valence-corrected chi connectivity index (χ3v) is 4.09. The Hall–Kier alpha value is -1.26. The van der Waals surface area contributed by atoms with Gasteiger partial charge in [-0.2, -0.15) is 0 Å². The fourth-order valence-corrected chi connectivity index (χ4v) is 2.86. The number of nitrogens with one attached hydrogen (secondary N) is 2. The number of amides is 1. The van der Waals surface area contributed by atoms with Gasteiger partial charge in [0, 0.05) is 17.6 Å². The molecule has 1 saturated heterocycles. The Labute approximate surface area is 133 Å². The minimum atomic E-state index is 0. The van der Waals surface area contributed by atoms with Crippen LogP contribution >= 0.6 is 12.4 Å². The number of piperidine rings is 1. The summed E-state index contributed by atoms with van der Waals surface area (Å²) in [5, 5.41) is 6.58. The van der Waals surface area contributed by atoms with Gasteiger partial charge in [0.2, 0.25) is 5.91 Å². The number of benzene rings is 1. The van der Waals surface area contributed by atoms with E-state index in [9.17, 15) is 4.79 Å². The Morgan fingerprint density at radius 2 is 2.10 bits per heavy atom. The van der Waals surface area contributed by atoms with Gasteiger partial charge in [-0.3, -0.25) is 4.79 Å². The predicted octanol–water partition coefficient (Wildman–Crippen LogP) is 2.16. The second-order valence-electron chi connectivity index (χ2n) is 5.59. The molecule has 0 aromatic heterocycles. The molecule has 1 aromatic rings. The van der Waals surface area contributed by atoms with Crippen LogP contribution in [0.4, 0.5) is 0 Å². The first-order valence-corrected chi connectivity index (χ1v) is 7.26. The molecule has 3 unspecified atom stereocenters. The van der Waals surface area contributed by atoms with Crippen molar-refractivity contribution in [3.8, 4) is 5.75 Å². The van der Waals surface area contributed by atoms with Crippen molar-refractivity contribution in [2.75, 3.05) is 13.7 Å². The average Bonchev–Trinajstić information content (AvgIpc) is 2.44. The molecule has 1 amide bonds. The summed E-state index contributed by atoms with van der Waals surface area (Å²) in [7, 11) is 1.63. The second kappa shape index (κ2) is 8.25. The van der Waals surface area contributed by atoms with Gasteiger partial charge in [-0.1, -0.05) is 25.1 Å². The standard InChI is InChI=1S/C16H24N2O2.ClH/c1-11-8-9-17-12(2)16(11)18-15(19)10-13-6-4-5-7-14(13)20-3;/h4-7,11-12,16-17H,8-10H2,1-3H3,(H,18,19);1H. The SMILES string of the molecule is COc1ccccc1CC(=O)NC1C(C)CCNC1C.Cl. The minimum absolute atomic E-state index is 0. The maximum atomic E-state index is 12.2. The largest absolute Gasteiger partial charge is 0.496 e. The van der Waals surface area contributed by atoms with E-state index in [4.69, 9.17) is 4.74 Å². The van der Waals surface area contributed by atoms with Crippen LogP contribution in [0.3, 0.4) is 0 Å². The first-order chi connectivity index (χ1) is 9.61. The van der Waals surface area contributed by atoms with Crippen LogP contribution < -0.4 is 15.4 Å². The number of carbonyl (C=O) groups excluding carboxylic acids is 1. The Morgan fingerprint density at radius 1 is 1.38 bits per heavy atom. The van der Waals surface area contributed by atoms with Gasteiger partial charge < -0.3 is 15.4 Å². The van der Waals surface area contributed by atoms with E-state index in [0.29, 0.717) is 18.4 Å². The second-order valence-corrected chi connectivity index (χ2v) is 5.59. The molecule has 0 aliphatic carbocycles. The summed E-state index contributed by atoms with van der Waals surface area (Å²) in [4.78, 5) is 12.2. The Balaban J connectivity index is 0.00000220. The van der Waals surface area contributed by atoms with Gasteiger partial charge in [0.25, 0.3) is 0 Å². The smallest absolute Gasteiger partial charge is 0.224 e. The monoisotopic (exact) mass is 312 g/mol. The van der Waals surface area contributed by atoms with Crippen LogP contribution in [-0.2, 0) is 11.2 Å². The predicted molar refractivity (Wildman–Crippen MR) is 87.1 cm³/mol. The molecule has 118 valence electrons. The van der Waals surface area contributed by atoms with E-state index in [-0.39, 0.29) is 24.4 Å². The molecule has 0 spiro atoms. The van der Waals surface area contributed by atoms with E-state index in [1.165, 1.54) is 0 Å². The van der Waals surface area contributed by atoms with Crippen LogP contribution in [0.5, 0.6) is 5.75 Å². The summed E-state index contributed by atoms with van der Waals surface area (Å²) in [5.41, 5.74) is 0.927. The molecule has 0 bridgehead atoms. The lowest BCUT2D eigenvalue weighted by atomic mass is 9.89. The van der Waals surface area contributed by atoms with Crippen LogP contribution in [0, 0.1) is 5.92 Å². The van der Waals surface area contributed by atoms with E-state index in [0.717, 1.165) is 24.3 Å². The number of halogens is 1. The van der Waals surface area contributed by atoms with Crippen molar-refractivity contribution in [3.05, 3.63) is 29.8 Å². The molecular weight excluding hydrogens is 288 g/mol. The summed E-state index contributed by atoms with van der Waals surface area (Å²) in [5.74, 6) is 1.33. The topological polar surface area (TPSA) is 50.4 Å². The average molecular weight is 313 g/mol. The van der Waals surface area contributed by atoms with E-state index in [1.54, 1.807) is 7.11 Å². The molecule has 0 saturated carbocycles.